The van der Waals surface area contributed by atoms with Crippen molar-refractivity contribution in [3.63, 3.8) is 0 Å². The normalized spacial score (nSPS) is 16.5. The third kappa shape index (κ3) is 4.55. The molecule has 0 heterocycles. The maximum absolute atomic E-state index is 5.43. The first-order valence-electron chi connectivity index (χ1n) is 7.80. The summed E-state index contributed by atoms with van der Waals surface area (Å²) >= 11 is 1.76. The lowest BCUT2D eigenvalue weighted by Gasteiger charge is -2.19. The van der Waals surface area contributed by atoms with Crippen molar-refractivity contribution in [2.24, 2.45) is 0 Å². The predicted molar refractivity (Wildman–Crippen MR) is 89.7 cm³/mol. The largest absolute Gasteiger partial charge is 0.493 e. The van der Waals surface area contributed by atoms with Gasteiger partial charge in [0.1, 0.15) is 0 Å². The molecule has 21 heavy (non-hydrogen) atoms. The van der Waals surface area contributed by atoms with Gasteiger partial charge in [-0.2, -0.15) is 0 Å². The molecule has 0 aliphatic heterocycles. The summed E-state index contributed by atoms with van der Waals surface area (Å²) in [6.07, 6.45) is 10.2. The molecule has 0 saturated heterocycles. The van der Waals surface area contributed by atoms with Gasteiger partial charge in [0.05, 0.1) is 14.2 Å². The van der Waals surface area contributed by atoms with Gasteiger partial charge in [-0.3, -0.25) is 0 Å². The molecule has 0 spiro atoms. The minimum atomic E-state index is 0.662. The van der Waals surface area contributed by atoms with Gasteiger partial charge < -0.3 is 14.8 Å². The molecule has 1 aromatic carbocycles. The maximum atomic E-state index is 5.43. The molecule has 0 bridgehead atoms. The first kappa shape index (κ1) is 16.5. The minimum absolute atomic E-state index is 0.662. The standard InChI is InChI=1S/C17H27NO2S/c1-19-15-10-13(17(21-3)11-16(15)20-2)12-18-14-8-6-4-5-7-9-14/h10-11,14,18H,4-9,12H2,1-3H3. The number of thioether (sulfide) groups is 1. The Morgan fingerprint density at radius 1 is 1.05 bits per heavy atom. The molecule has 0 unspecified atom stereocenters. The maximum Gasteiger partial charge on any atom is 0.161 e. The minimum Gasteiger partial charge on any atom is -0.493 e. The molecular formula is C17H27NO2S. The van der Waals surface area contributed by atoms with E-state index >= 15 is 0 Å². The Bertz CT molecular complexity index is 443. The molecule has 0 aromatic heterocycles. The van der Waals surface area contributed by atoms with Crippen molar-refractivity contribution in [1.82, 2.24) is 5.32 Å². The molecule has 2 rings (SSSR count). The molecule has 0 amide bonds. The summed E-state index contributed by atoms with van der Waals surface area (Å²) < 4.78 is 10.8. The highest BCUT2D eigenvalue weighted by molar-refractivity contribution is 7.98. The fourth-order valence-corrected chi connectivity index (χ4v) is 3.59. The average Bonchev–Trinajstić information content (AvgIpc) is 2.80. The van der Waals surface area contributed by atoms with Crippen LogP contribution in [0.25, 0.3) is 0 Å². The second-order valence-corrected chi connectivity index (χ2v) is 6.44. The summed E-state index contributed by atoms with van der Waals surface area (Å²) in [4.78, 5) is 1.26. The molecule has 1 aromatic rings. The zero-order chi connectivity index (χ0) is 15.1. The number of nitrogens with one attached hydrogen (secondary N) is 1. The third-order valence-electron chi connectivity index (χ3n) is 4.22. The molecule has 118 valence electrons. The van der Waals surface area contributed by atoms with Crippen LogP contribution in [0.2, 0.25) is 0 Å². The number of hydrogen-bond donors (Lipinski definition) is 1. The van der Waals surface area contributed by atoms with Crippen LogP contribution >= 0.6 is 11.8 Å². The van der Waals surface area contributed by atoms with Crippen LogP contribution < -0.4 is 14.8 Å². The van der Waals surface area contributed by atoms with Crippen LogP contribution in [-0.2, 0) is 6.54 Å². The Morgan fingerprint density at radius 2 is 1.67 bits per heavy atom. The Hall–Kier alpha value is -0.870. The summed E-state index contributed by atoms with van der Waals surface area (Å²) in [5.41, 5.74) is 1.30. The smallest absolute Gasteiger partial charge is 0.161 e. The van der Waals surface area contributed by atoms with Gasteiger partial charge in [-0.1, -0.05) is 25.7 Å². The fourth-order valence-electron chi connectivity index (χ4n) is 2.97. The highest BCUT2D eigenvalue weighted by Gasteiger charge is 2.14. The van der Waals surface area contributed by atoms with Gasteiger partial charge in [-0.05, 0) is 36.8 Å². The highest BCUT2D eigenvalue weighted by Crippen LogP contribution is 2.34. The number of hydrogen-bond acceptors (Lipinski definition) is 4. The zero-order valence-corrected chi connectivity index (χ0v) is 14.2. The van der Waals surface area contributed by atoms with Crippen LogP contribution in [0, 0.1) is 0 Å². The van der Waals surface area contributed by atoms with E-state index in [-0.39, 0.29) is 0 Å². The van der Waals surface area contributed by atoms with Crippen LogP contribution in [0.5, 0.6) is 11.5 Å². The third-order valence-corrected chi connectivity index (χ3v) is 5.04. The predicted octanol–water partition coefficient (Wildman–Crippen LogP) is 4.24. The molecule has 0 atom stereocenters. The molecule has 1 aliphatic carbocycles. The summed E-state index contributed by atoms with van der Waals surface area (Å²) in [5, 5.41) is 3.73. The number of rotatable bonds is 6. The van der Waals surface area contributed by atoms with E-state index in [0.29, 0.717) is 6.04 Å². The van der Waals surface area contributed by atoms with E-state index in [4.69, 9.17) is 9.47 Å². The van der Waals surface area contributed by atoms with Gasteiger partial charge in [0.25, 0.3) is 0 Å². The van der Waals surface area contributed by atoms with E-state index in [0.717, 1.165) is 18.0 Å². The van der Waals surface area contributed by atoms with Crippen molar-refractivity contribution >= 4 is 11.8 Å². The van der Waals surface area contributed by atoms with Crippen LogP contribution in [0.15, 0.2) is 17.0 Å². The summed E-state index contributed by atoms with van der Waals surface area (Å²) in [6, 6.07) is 4.84. The Morgan fingerprint density at radius 3 is 2.24 bits per heavy atom. The van der Waals surface area contributed by atoms with Crippen molar-refractivity contribution in [1.29, 1.82) is 0 Å². The van der Waals surface area contributed by atoms with Crippen LogP contribution in [0.3, 0.4) is 0 Å². The van der Waals surface area contributed by atoms with Gasteiger partial charge in [-0.15, -0.1) is 11.8 Å². The first-order valence-corrected chi connectivity index (χ1v) is 9.03. The van der Waals surface area contributed by atoms with Crippen LogP contribution in [0.4, 0.5) is 0 Å². The fraction of sp³-hybridized carbons (Fsp3) is 0.647. The molecular weight excluding hydrogens is 282 g/mol. The van der Waals surface area contributed by atoms with Crippen molar-refractivity contribution in [3.05, 3.63) is 17.7 Å². The van der Waals surface area contributed by atoms with E-state index < -0.39 is 0 Å². The second kappa shape index (κ2) is 8.54. The van der Waals surface area contributed by atoms with E-state index in [9.17, 15) is 0 Å². The van der Waals surface area contributed by atoms with E-state index in [1.165, 1.54) is 49.0 Å². The topological polar surface area (TPSA) is 30.5 Å². The molecule has 1 N–H and O–H groups in total. The molecule has 4 heteroatoms. The average molecular weight is 309 g/mol. The van der Waals surface area contributed by atoms with Gasteiger partial charge >= 0.3 is 0 Å². The van der Waals surface area contributed by atoms with Crippen molar-refractivity contribution in [2.45, 2.75) is 56.0 Å². The highest BCUT2D eigenvalue weighted by atomic mass is 32.2. The molecule has 1 fully saturated rings. The number of benzene rings is 1. The SMILES string of the molecule is COc1cc(CNC2CCCCCC2)c(SC)cc1OC. The molecule has 1 saturated carbocycles. The van der Waals surface area contributed by atoms with Gasteiger partial charge in [0, 0.05) is 17.5 Å². The number of methoxy groups -OCH3 is 2. The van der Waals surface area contributed by atoms with Gasteiger partial charge in [0.15, 0.2) is 11.5 Å². The lowest BCUT2D eigenvalue weighted by atomic mass is 10.1. The van der Waals surface area contributed by atoms with E-state index in [2.05, 4.69) is 23.7 Å². The quantitative estimate of drug-likeness (QED) is 0.629. The van der Waals surface area contributed by atoms with Crippen LogP contribution in [0.1, 0.15) is 44.1 Å². The van der Waals surface area contributed by atoms with Gasteiger partial charge in [-0.25, -0.2) is 0 Å². The molecule has 0 radical (unpaired) electrons. The first-order chi connectivity index (χ1) is 10.3. The van der Waals surface area contributed by atoms with Gasteiger partial charge in [0.2, 0.25) is 0 Å². The molecule has 1 aliphatic rings. The van der Waals surface area contributed by atoms with E-state index in [1.807, 2.05) is 0 Å². The summed E-state index contributed by atoms with van der Waals surface area (Å²) in [5.74, 6) is 1.62. The Balaban J connectivity index is 2.07. The van der Waals surface area contributed by atoms with Crippen molar-refractivity contribution in [2.75, 3.05) is 20.5 Å². The summed E-state index contributed by atoms with van der Waals surface area (Å²) in [6.45, 7) is 0.904. The second-order valence-electron chi connectivity index (χ2n) is 5.59. The van der Waals surface area contributed by atoms with E-state index in [1.54, 1.807) is 26.0 Å². The lowest BCUT2D eigenvalue weighted by molar-refractivity contribution is 0.353. The Kier molecular flexibility index (Phi) is 6.71. The van der Waals surface area contributed by atoms with Crippen molar-refractivity contribution in [3.8, 4) is 11.5 Å². The monoisotopic (exact) mass is 309 g/mol. The Labute approximate surface area is 132 Å². The van der Waals surface area contributed by atoms with Crippen LogP contribution in [-0.4, -0.2) is 26.5 Å². The summed E-state index contributed by atoms with van der Waals surface area (Å²) in [7, 11) is 3.38. The number of ether oxygens (including phenoxy) is 2. The lowest BCUT2D eigenvalue weighted by Crippen LogP contribution is -2.28. The zero-order valence-electron chi connectivity index (χ0n) is 13.4. The van der Waals surface area contributed by atoms with Crippen molar-refractivity contribution < 1.29 is 9.47 Å². The molecule has 3 nitrogen and oxygen atoms in total.